The zero-order valence-electron chi connectivity index (χ0n) is 10.0. The molecule has 0 saturated carbocycles. The van der Waals surface area contributed by atoms with Gasteiger partial charge in [0.1, 0.15) is 5.15 Å². The van der Waals surface area contributed by atoms with Gasteiger partial charge in [0.25, 0.3) is 0 Å². The van der Waals surface area contributed by atoms with Crippen molar-refractivity contribution in [3.8, 4) is 11.1 Å². The van der Waals surface area contributed by atoms with E-state index < -0.39 is 0 Å². The van der Waals surface area contributed by atoms with E-state index in [1.54, 1.807) is 12.1 Å². The summed E-state index contributed by atoms with van der Waals surface area (Å²) < 4.78 is 0. The molecule has 0 amide bonds. The van der Waals surface area contributed by atoms with Gasteiger partial charge in [-0.2, -0.15) is 0 Å². The first kappa shape index (κ1) is 14.0. The smallest absolute Gasteiger partial charge is 0.139 e. The Labute approximate surface area is 136 Å². The van der Waals surface area contributed by atoms with Gasteiger partial charge < -0.3 is 0 Å². The number of rotatable bonds is 1. The molecule has 3 aromatic rings. The van der Waals surface area contributed by atoms with E-state index in [-0.39, 0.29) is 0 Å². The molecule has 100 valence electrons. The molecule has 0 saturated heterocycles. The van der Waals surface area contributed by atoms with Crippen molar-refractivity contribution in [2.75, 3.05) is 0 Å². The number of benzene rings is 2. The Hall–Kier alpha value is -0.990. The molecule has 5 heteroatoms. The average molecular weight is 343 g/mol. The summed E-state index contributed by atoms with van der Waals surface area (Å²) in [7, 11) is 0. The second-order valence-electron chi connectivity index (χ2n) is 4.22. The largest absolute Gasteiger partial charge is 0.234 e. The third-order valence-corrected chi connectivity index (χ3v) is 4.46. The maximum Gasteiger partial charge on any atom is 0.139 e. The van der Waals surface area contributed by atoms with Crippen LogP contribution in [-0.4, -0.2) is 4.98 Å². The topological polar surface area (TPSA) is 12.9 Å². The minimum Gasteiger partial charge on any atom is -0.234 e. The summed E-state index contributed by atoms with van der Waals surface area (Å²) in [6.45, 7) is 0. The van der Waals surface area contributed by atoms with E-state index in [0.29, 0.717) is 31.3 Å². The molecule has 0 fully saturated rings. The normalized spacial score (nSPS) is 11.0. The number of nitrogens with zero attached hydrogens (tertiary/aromatic N) is 1. The summed E-state index contributed by atoms with van der Waals surface area (Å²) in [5.74, 6) is 0. The molecule has 3 rings (SSSR count). The molecular formula is C15H7Cl4N. The van der Waals surface area contributed by atoms with Crippen molar-refractivity contribution in [3.05, 3.63) is 62.7 Å². The number of halogens is 4. The summed E-state index contributed by atoms with van der Waals surface area (Å²) in [4.78, 5) is 4.34. The van der Waals surface area contributed by atoms with Crippen molar-refractivity contribution in [2.24, 2.45) is 0 Å². The molecule has 0 N–H and O–H groups in total. The van der Waals surface area contributed by atoms with Crippen LogP contribution in [0.1, 0.15) is 0 Å². The molecule has 0 aliphatic rings. The second kappa shape index (κ2) is 5.42. The Balaban J connectivity index is 2.39. The van der Waals surface area contributed by atoms with E-state index in [0.717, 1.165) is 10.9 Å². The summed E-state index contributed by atoms with van der Waals surface area (Å²) in [5, 5.41) is 2.32. The van der Waals surface area contributed by atoms with Gasteiger partial charge in [0.15, 0.2) is 0 Å². The highest BCUT2D eigenvalue weighted by molar-refractivity contribution is 6.47. The van der Waals surface area contributed by atoms with Crippen LogP contribution in [0.2, 0.25) is 20.2 Å². The lowest BCUT2D eigenvalue weighted by atomic mass is 10.1. The van der Waals surface area contributed by atoms with Gasteiger partial charge in [-0.3, -0.25) is 0 Å². The Kier molecular flexibility index (Phi) is 3.78. The molecule has 1 heterocycles. The van der Waals surface area contributed by atoms with Crippen LogP contribution in [0.5, 0.6) is 0 Å². The minimum atomic E-state index is 0.304. The SMILES string of the molecule is Clc1ccc2c(Cl)c(-c3ccccc3)c(Cl)nc2c1Cl. The fourth-order valence-electron chi connectivity index (χ4n) is 2.06. The van der Waals surface area contributed by atoms with Crippen LogP contribution in [0.4, 0.5) is 0 Å². The van der Waals surface area contributed by atoms with Gasteiger partial charge in [0, 0.05) is 10.9 Å². The Morgan fingerprint density at radius 3 is 2.15 bits per heavy atom. The predicted octanol–water partition coefficient (Wildman–Crippen LogP) is 6.52. The van der Waals surface area contributed by atoms with Crippen LogP contribution >= 0.6 is 46.4 Å². The van der Waals surface area contributed by atoms with Crippen LogP contribution in [0.3, 0.4) is 0 Å². The monoisotopic (exact) mass is 341 g/mol. The lowest BCUT2D eigenvalue weighted by Gasteiger charge is -2.11. The van der Waals surface area contributed by atoms with Crippen molar-refractivity contribution in [3.63, 3.8) is 0 Å². The van der Waals surface area contributed by atoms with Gasteiger partial charge in [-0.05, 0) is 17.7 Å². The fourth-order valence-corrected chi connectivity index (χ4v) is 3.10. The zero-order valence-corrected chi connectivity index (χ0v) is 13.0. The third kappa shape index (κ3) is 2.25. The van der Waals surface area contributed by atoms with Crippen molar-refractivity contribution >= 4 is 57.3 Å². The average Bonchev–Trinajstić information content (AvgIpc) is 2.45. The Bertz CT molecular complexity index is 800. The summed E-state index contributed by atoms with van der Waals surface area (Å²) in [6.07, 6.45) is 0. The second-order valence-corrected chi connectivity index (χ2v) is 5.74. The first-order valence-corrected chi connectivity index (χ1v) is 7.29. The molecule has 0 bridgehead atoms. The van der Waals surface area contributed by atoms with Crippen LogP contribution in [0.25, 0.3) is 22.0 Å². The van der Waals surface area contributed by atoms with Gasteiger partial charge >= 0.3 is 0 Å². The van der Waals surface area contributed by atoms with Crippen molar-refractivity contribution in [1.82, 2.24) is 4.98 Å². The fraction of sp³-hybridized carbons (Fsp3) is 0. The molecule has 0 aliphatic carbocycles. The molecule has 0 radical (unpaired) electrons. The van der Waals surface area contributed by atoms with Gasteiger partial charge in [-0.1, -0.05) is 76.7 Å². The van der Waals surface area contributed by atoms with Crippen LogP contribution in [0.15, 0.2) is 42.5 Å². The maximum absolute atomic E-state index is 6.48. The number of fused-ring (bicyclic) bond motifs is 1. The Morgan fingerprint density at radius 2 is 1.45 bits per heavy atom. The highest BCUT2D eigenvalue weighted by atomic mass is 35.5. The minimum absolute atomic E-state index is 0.304. The molecule has 0 aliphatic heterocycles. The zero-order chi connectivity index (χ0) is 14.3. The van der Waals surface area contributed by atoms with E-state index in [1.165, 1.54) is 0 Å². The number of hydrogen-bond donors (Lipinski definition) is 0. The van der Waals surface area contributed by atoms with Gasteiger partial charge in [0.2, 0.25) is 0 Å². The summed E-state index contributed by atoms with van der Waals surface area (Å²) in [6, 6.07) is 13.1. The Morgan fingerprint density at radius 1 is 0.750 bits per heavy atom. The van der Waals surface area contributed by atoms with Gasteiger partial charge in [0.05, 0.1) is 20.6 Å². The van der Waals surface area contributed by atoms with Crippen LogP contribution in [0, 0.1) is 0 Å². The number of aromatic nitrogens is 1. The maximum atomic E-state index is 6.48. The molecule has 1 nitrogen and oxygen atoms in total. The lowest BCUT2D eigenvalue weighted by molar-refractivity contribution is 1.41. The van der Waals surface area contributed by atoms with Crippen LogP contribution < -0.4 is 0 Å². The quantitative estimate of drug-likeness (QED) is 0.459. The number of hydrogen-bond acceptors (Lipinski definition) is 1. The molecule has 0 atom stereocenters. The van der Waals surface area contributed by atoms with E-state index in [9.17, 15) is 0 Å². The van der Waals surface area contributed by atoms with Crippen LogP contribution in [-0.2, 0) is 0 Å². The molecule has 0 unspecified atom stereocenters. The molecule has 20 heavy (non-hydrogen) atoms. The van der Waals surface area contributed by atoms with E-state index in [2.05, 4.69) is 4.98 Å². The predicted molar refractivity (Wildman–Crippen MR) is 87.2 cm³/mol. The molecule has 1 aromatic heterocycles. The molecule has 0 spiro atoms. The van der Waals surface area contributed by atoms with Crippen molar-refractivity contribution in [1.29, 1.82) is 0 Å². The van der Waals surface area contributed by atoms with Gasteiger partial charge in [-0.15, -0.1) is 0 Å². The highest BCUT2D eigenvalue weighted by Crippen LogP contribution is 2.41. The standard InChI is InChI=1S/C15H7Cl4N/c16-10-7-6-9-12(17)11(8-4-2-1-3-5-8)15(19)20-14(9)13(10)18/h1-7H. The summed E-state index contributed by atoms with van der Waals surface area (Å²) in [5.41, 5.74) is 2.11. The molecular weight excluding hydrogens is 336 g/mol. The first-order chi connectivity index (χ1) is 9.59. The number of pyridine rings is 1. The molecule has 2 aromatic carbocycles. The third-order valence-electron chi connectivity index (χ3n) is 3.00. The van der Waals surface area contributed by atoms with Gasteiger partial charge in [-0.25, -0.2) is 4.98 Å². The van der Waals surface area contributed by atoms with Crippen molar-refractivity contribution in [2.45, 2.75) is 0 Å². The highest BCUT2D eigenvalue weighted by Gasteiger charge is 2.16. The van der Waals surface area contributed by atoms with E-state index >= 15 is 0 Å². The van der Waals surface area contributed by atoms with E-state index in [1.807, 2.05) is 30.3 Å². The first-order valence-electron chi connectivity index (χ1n) is 5.77. The lowest BCUT2D eigenvalue weighted by Crippen LogP contribution is -1.90. The van der Waals surface area contributed by atoms with Crippen molar-refractivity contribution < 1.29 is 0 Å². The van der Waals surface area contributed by atoms with E-state index in [4.69, 9.17) is 46.4 Å². The summed E-state index contributed by atoms with van der Waals surface area (Å²) >= 11 is 24.9.